The van der Waals surface area contributed by atoms with Gasteiger partial charge in [-0.1, -0.05) is 60.7 Å². The van der Waals surface area contributed by atoms with Crippen LogP contribution in [0, 0.1) is 10.1 Å². The first-order valence-electron chi connectivity index (χ1n) is 8.23. The van der Waals surface area contributed by atoms with Crippen LogP contribution in [-0.2, 0) is 0 Å². The summed E-state index contributed by atoms with van der Waals surface area (Å²) >= 11 is 0. The van der Waals surface area contributed by atoms with E-state index in [2.05, 4.69) is 9.97 Å². The van der Waals surface area contributed by atoms with E-state index in [0.29, 0.717) is 0 Å². The van der Waals surface area contributed by atoms with E-state index < -0.39 is 4.92 Å². The van der Waals surface area contributed by atoms with Crippen molar-refractivity contribution in [1.82, 2.24) is 4.98 Å². The quantitative estimate of drug-likeness (QED) is 0.434. The summed E-state index contributed by atoms with van der Waals surface area (Å²) in [7, 11) is 0. The first kappa shape index (κ1) is 18.4. The zero-order valence-electron chi connectivity index (χ0n) is 14.2. The number of nitrogens with zero attached hydrogens (tertiary/aromatic N) is 1. The average Bonchev–Trinajstić information content (AvgIpc) is 3.15. The summed E-state index contributed by atoms with van der Waals surface area (Å²) in [5, 5.41) is 10.9. The van der Waals surface area contributed by atoms with Crippen molar-refractivity contribution >= 4 is 5.69 Å². The number of hydrogen-bond donors (Lipinski definition) is 1. The van der Waals surface area contributed by atoms with Crippen molar-refractivity contribution < 1.29 is 22.3 Å². The highest BCUT2D eigenvalue weighted by Gasteiger charge is 2.21. The number of halogens is 1. The number of rotatable bonds is 4. The van der Waals surface area contributed by atoms with Crippen molar-refractivity contribution in [2.45, 2.75) is 0 Å². The molecule has 2 N–H and O–H groups in total. The van der Waals surface area contributed by atoms with Gasteiger partial charge in [-0.15, -0.1) is 0 Å². The molecule has 0 aliphatic carbocycles. The third-order valence-corrected chi connectivity index (χ3v) is 4.24. The molecule has 0 aliphatic rings. The van der Waals surface area contributed by atoms with E-state index in [1.165, 1.54) is 12.1 Å². The molecule has 0 unspecified atom stereocenters. The minimum absolute atomic E-state index is 0. The molecule has 0 aliphatic heterocycles. The molecule has 0 spiro atoms. The monoisotopic (exact) mass is 377 g/mol. The number of imidazole rings is 1. The van der Waals surface area contributed by atoms with Crippen molar-refractivity contribution in [1.29, 1.82) is 0 Å². The van der Waals surface area contributed by atoms with Crippen LogP contribution in [-0.4, -0.2) is 9.91 Å². The van der Waals surface area contributed by atoms with Gasteiger partial charge in [0.05, 0.1) is 10.5 Å². The van der Waals surface area contributed by atoms with Crippen LogP contribution < -0.4 is 17.4 Å². The van der Waals surface area contributed by atoms with Gasteiger partial charge in [-0.05, 0) is 12.1 Å². The Morgan fingerprint density at radius 3 is 1.85 bits per heavy atom. The highest BCUT2D eigenvalue weighted by Crippen LogP contribution is 2.30. The number of hydrogen-bond acceptors (Lipinski definition) is 2. The maximum atomic E-state index is 10.9. The standard InChI is InChI=1S/C21H15N3O2.ClH/c25-24(26)18-13-11-17(12-14-18)21-22-19(15-7-3-1-4-8-15)20(23-21)16-9-5-2-6-10-16;/h1-14H,(H,22,23);1H. The maximum Gasteiger partial charge on any atom is 0.285 e. The van der Waals surface area contributed by atoms with Crippen molar-refractivity contribution in [3.05, 3.63) is 95.0 Å². The SMILES string of the molecule is O=[N+]([O-])c1ccc(-c2[nH]c(-c3ccccc3)c(-c3ccccc3)[nH+]2)cc1.[Cl-]. The van der Waals surface area contributed by atoms with Crippen LogP contribution in [0.3, 0.4) is 0 Å². The molecule has 3 aromatic carbocycles. The molecule has 4 rings (SSSR count). The predicted molar refractivity (Wildman–Crippen MR) is 100 cm³/mol. The normalized spacial score (nSPS) is 10.2. The van der Waals surface area contributed by atoms with Crippen LogP contribution in [0.1, 0.15) is 0 Å². The second-order valence-electron chi connectivity index (χ2n) is 5.91. The molecule has 0 atom stereocenters. The summed E-state index contributed by atoms with van der Waals surface area (Å²) in [5.74, 6) is 0.803. The molecular formula is C21H16ClN3O2. The second kappa shape index (κ2) is 7.85. The van der Waals surface area contributed by atoms with Crippen molar-refractivity contribution in [2.75, 3.05) is 0 Å². The Morgan fingerprint density at radius 1 is 0.741 bits per heavy atom. The lowest BCUT2D eigenvalue weighted by molar-refractivity contribution is -0.384. The lowest BCUT2D eigenvalue weighted by Gasteiger charge is -1.98. The molecule has 4 aromatic rings. The van der Waals surface area contributed by atoms with Crippen molar-refractivity contribution in [3.8, 4) is 33.9 Å². The molecule has 0 amide bonds. The fourth-order valence-corrected chi connectivity index (χ4v) is 2.94. The molecule has 0 saturated heterocycles. The molecule has 5 nitrogen and oxygen atoms in total. The number of benzene rings is 3. The number of aromatic nitrogens is 2. The minimum atomic E-state index is -0.396. The first-order chi connectivity index (χ1) is 12.7. The summed E-state index contributed by atoms with van der Waals surface area (Å²) in [6.45, 7) is 0. The van der Waals surface area contributed by atoms with Crippen LogP contribution >= 0.6 is 0 Å². The van der Waals surface area contributed by atoms with E-state index in [1.807, 2.05) is 60.7 Å². The fraction of sp³-hybridized carbons (Fsp3) is 0. The Kier molecular flexibility index (Phi) is 5.33. The molecular weight excluding hydrogens is 362 g/mol. The van der Waals surface area contributed by atoms with Crippen molar-refractivity contribution in [3.63, 3.8) is 0 Å². The van der Waals surface area contributed by atoms with Gasteiger partial charge in [-0.2, -0.15) is 0 Å². The van der Waals surface area contributed by atoms with E-state index in [-0.39, 0.29) is 18.1 Å². The maximum absolute atomic E-state index is 10.9. The molecule has 0 radical (unpaired) electrons. The minimum Gasteiger partial charge on any atom is -1.00 e. The number of nitro groups is 1. The topological polar surface area (TPSA) is 73.1 Å². The number of nitrogens with one attached hydrogen (secondary N) is 2. The van der Waals surface area contributed by atoms with Gasteiger partial charge >= 0.3 is 0 Å². The van der Waals surface area contributed by atoms with Gasteiger partial charge in [-0.3, -0.25) is 10.1 Å². The van der Waals surface area contributed by atoms with E-state index in [4.69, 9.17) is 0 Å². The highest BCUT2D eigenvalue weighted by molar-refractivity contribution is 5.77. The van der Waals surface area contributed by atoms with E-state index in [1.54, 1.807) is 12.1 Å². The fourth-order valence-electron chi connectivity index (χ4n) is 2.94. The summed E-state index contributed by atoms with van der Waals surface area (Å²) in [6.07, 6.45) is 0. The largest absolute Gasteiger partial charge is 1.00 e. The Hall–Kier alpha value is -3.44. The van der Waals surface area contributed by atoms with Crippen LogP contribution in [0.15, 0.2) is 84.9 Å². The van der Waals surface area contributed by atoms with Gasteiger partial charge < -0.3 is 12.4 Å². The highest BCUT2D eigenvalue weighted by atomic mass is 35.5. The second-order valence-corrected chi connectivity index (χ2v) is 5.91. The Bertz CT molecular complexity index is 989. The van der Waals surface area contributed by atoms with Gasteiger partial charge in [0.1, 0.15) is 0 Å². The molecule has 1 aromatic heterocycles. The summed E-state index contributed by atoms with van der Waals surface area (Å²) in [6, 6.07) is 26.6. The van der Waals surface area contributed by atoms with Crippen LogP contribution in [0.5, 0.6) is 0 Å². The molecule has 27 heavy (non-hydrogen) atoms. The summed E-state index contributed by atoms with van der Waals surface area (Å²) in [5.41, 5.74) is 5.02. The third-order valence-electron chi connectivity index (χ3n) is 4.24. The van der Waals surface area contributed by atoms with Crippen LogP contribution in [0.2, 0.25) is 0 Å². The van der Waals surface area contributed by atoms with Crippen molar-refractivity contribution in [2.24, 2.45) is 0 Å². The molecule has 0 saturated carbocycles. The van der Waals surface area contributed by atoms with Gasteiger partial charge in [0, 0.05) is 23.3 Å². The molecule has 0 fully saturated rings. The van der Waals surface area contributed by atoms with E-state index in [0.717, 1.165) is 33.9 Å². The third kappa shape index (κ3) is 3.73. The van der Waals surface area contributed by atoms with Gasteiger partial charge in [-0.25, -0.2) is 9.97 Å². The van der Waals surface area contributed by atoms with Gasteiger partial charge in [0.25, 0.3) is 11.5 Å². The van der Waals surface area contributed by atoms with E-state index in [9.17, 15) is 10.1 Å². The number of non-ortho nitro benzene ring substituents is 1. The zero-order valence-corrected chi connectivity index (χ0v) is 15.0. The Labute approximate surface area is 162 Å². The molecule has 1 heterocycles. The summed E-state index contributed by atoms with van der Waals surface area (Å²) < 4.78 is 0. The first-order valence-corrected chi connectivity index (χ1v) is 8.23. The molecule has 134 valence electrons. The smallest absolute Gasteiger partial charge is 0.285 e. The number of H-pyrrole nitrogens is 2. The number of aromatic amines is 2. The lowest BCUT2D eigenvalue weighted by atomic mass is 10.1. The van der Waals surface area contributed by atoms with Crippen LogP contribution in [0.4, 0.5) is 5.69 Å². The molecule has 0 bridgehead atoms. The predicted octanol–water partition coefficient (Wildman–Crippen LogP) is 1.74. The Balaban J connectivity index is 0.00000210. The number of nitro benzene ring substituents is 1. The Morgan fingerprint density at radius 2 is 1.30 bits per heavy atom. The van der Waals surface area contributed by atoms with Crippen LogP contribution in [0.25, 0.3) is 33.9 Å². The van der Waals surface area contributed by atoms with Gasteiger partial charge in [0.2, 0.25) is 0 Å². The zero-order chi connectivity index (χ0) is 17.9. The molecule has 6 heteroatoms. The lowest BCUT2D eigenvalue weighted by Crippen LogP contribution is -3.00. The van der Waals surface area contributed by atoms with Gasteiger partial charge in [0.15, 0.2) is 11.4 Å². The van der Waals surface area contributed by atoms with E-state index >= 15 is 0 Å². The average molecular weight is 378 g/mol. The summed E-state index contributed by atoms with van der Waals surface area (Å²) in [4.78, 5) is 17.3.